The van der Waals surface area contributed by atoms with Crippen molar-refractivity contribution in [2.45, 2.75) is 44.0 Å². The zero-order chi connectivity index (χ0) is 34.3. The van der Waals surface area contributed by atoms with Crippen LogP contribution in [-0.2, 0) is 17.9 Å². The van der Waals surface area contributed by atoms with Gasteiger partial charge in [0, 0.05) is 36.3 Å². The van der Waals surface area contributed by atoms with Crippen LogP contribution in [0.4, 0.5) is 17.6 Å². The van der Waals surface area contributed by atoms with Crippen LogP contribution in [-0.4, -0.2) is 106 Å². The third-order valence-electron chi connectivity index (χ3n) is 7.52. The number of hydrogen-bond acceptors (Lipinski definition) is 9. The number of carbonyl (C=O) groups is 3. The Morgan fingerprint density at radius 3 is 2.54 bits per heavy atom. The summed E-state index contributed by atoms with van der Waals surface area (Å²) in [6.45, 7) is -1.80. The van der Waals surface area contributed by atoms with Gasteiger partial charge in [0.05, 0.1) is 30.0 Å². The van der Waals surface area contributed by atoms with E-state index in [1.165, 1.54) is 47.6 Å². The van der Waals surface area contributed by atoms with Gasteiger partial charge >= 0.3 is 11.9 Å². The van der Waals surface area contributed by atoms with Crippen molar-refractivity contribution in [3.05, 3.63) is 75.4 Å². The van der Waals surface area contributed by atoms with Crippen LogP contribution in [0.2, 0.25) is 5.02 Å². The number of amides is 3. The monoisotopic (exact) mass is 692 g/mol. The molecular formula is C28H25ClF4N10O5. The average Bonchev–Trinajstić information content (AvgIpc) is 3.44. The Morgan fingerprint density at radius 2 is 1.88 bits per heavy atom. The van der Waals surface area contributed by atoms with Gasteiger partial charge in [-0.2, -0.15) is 13.2 Å². The van der Waals surface area contributed by atoms with Gasteiger partial charge in [0.1, 0.15) is 19.3 Å². The molecule has 4 aromatic rings. The highest BCUT2D eigenvalue weighted by Gasteiger charge is 2.40. The molecule has 6 rings (SSSR count). The first kappa shape index (κ1) is 32.8. The predicted octanol–water partition coefficient (Wildman–Crippen LogP) is 0.725. The van der Waals surface area contributed by atoms with E-state index >= 15 is 0 Å². The molecule has 1 aliphatic carbocycles. The number of aliphatic hydroxyl groups excluding tert-OH is 1. The van der Waals surface area contributed by atoms with E-state index in [2.05, 4.69) is 30.8 Å². The van der Waals surface area contributed by atoms with Gasteiger partial charge in [-0.1, -0.05) is 11.6 Å². The summed E-state index contributed by atoms with van der Waals surface area (Å²) in [7, 11) is 0. The van der Waals surface area contributed by atoms with Crippen LogP contribution in [0, 0.1) is 0 Å². The minimum absolute atomic E-state index is 0.0392. The van der Waals surface area contributed by atoms with Gasteiger partial charge < -0.3 is 20.6 Å². The smallest absolute Gasteiger partial charge is 0.382 e. The SMILES string of the molecule is O=C1CN(C(=O)c2nc(Cn3nc(-c4ccc(Cl)cc4)n(C[C@H](O)C(F)(F)F)c3=O)nn2-c2cnccc2C(=O)N[C@@H]2C[C@@H]2F)CCN1. The molecular weight excluding hydrogens is 668 g/mol. The number of nitrogens with zero attached hydrogens (tertiary/aromatic N) is 8. The van der Waals surface area contributed by atoms with Crippen LogP contribution in [0.25, 0.3) is 17.1 Å². The Bertz CT molecular complexity index is 1940. The predicted molar refractivity (Wildman–Crippen MR) is 157 cm³/mol. The summed E-state index contributed by atoms with van der Waals surface area (Å²) in [6.07, 6.45) is -6.50. The van der Waals surface area contributed by atoms with E-state index in [0.29, 0.717) is 9.59 Å². The van der Waals surface area contributed by atoms with Gasteiger partial charge in [-0.05, 0) is 30.3 Å². The maximum atomic E-state index is 13.7. The topological polar surface area (TPSA) is 182 Å². The number of nitrogens with one attached hydrogen (secondary N) is 2. The molecule has 1 saturated carbocycles. The van der Waals surface area contributed by atoms with Gasteiger partial charge in [-0.25, -0.2) is 23.5 Å². The van der Waals surface area contributed by atoms with Crippen molar-refractivity contribution in [2.75, 3.05) is 19.6 Å². The standard InChI is InChI=1S/C28H25ClF4N10O5/c29-15-3-1-14(2-4-15)23-39-42(27(48)41(23)11-20(44)28(31,32)33)12-21-37-24(26(47)40-8-7-35-22(45)13-40)43(38-21)19-10-34-6-5-16(19)25(46)36-18-9-17(18)30/h1-6,10,17-18,20,44H,7-9,11-13H2,(H,35,45)(H,36,46)/t17-,18+,20-/m0/s1. The lowest BCUT2D eigenvalue weighted by molar-refractivity contribution is -0.207. The number of aliphatic hydroxyl groups is 1. The van der Waals surface area contributed by atoms with E-state index in [0.717, 1.165) is 9.36 Å². The molecule has 15 nitrogen and oxygen atoms in total. The molecule has 0 unspecified atom stereocenters. The Hall–Kier alpha value is -5.17. The zero-order valence-electron chi connectivity index (χ0n) is 24.6. The van der Waals surface area contributed by atoms with Crippen molar-refractivity contribution in [3.63, 3.8) is 0 Å². The van der Waals surface area contributed by atoms with Gasteiger partial charge in [0.15, 0.2) is 17.8 Å². The summed E-state index contributed by atoms with van der Waals surface area (Å²) in [5.41, 5.74) is -0.937. The van der Waals surface area contributed by atoms with Gasteiger partial charge in [0.25, 0.3) is 11.8 Å². The normalized spacial score (nSPS) is 18.4. The second-order valence-electron chi connectivity index (χ2n) is 11.0. The molecule has 3 atom stereocenters. The van der Waals surface area contributed by atoms with Gasteiger partial charge in [0.2, 0.25) is 11.7 Å². The highest BCUT2D eigenvalue weighted by atomic mass is 35.5. The summed E-state index contributed by atoms with van der Waals surface area (Å²) in [4.78, 5) is 61.7. The third-order valence-corrected chi connectivity index (χ3v) is 7.77. The van der Waals surface area contributed by atoms with E-state index in [-0.39, 0.29) is 60.3 Å². The maximum Gasteiger partial charge on any atom is 0.416 e. The molecule has 0 bridgehead atoms. The minimum Gasteiger partial charge on any atom is -0.382 e. The van der Waals surface area contributed by atoms with Crippen LogP contribution in [0.15, 0.2) is 47.5 Å². The summed E-state index contributed by atoms with van der Waals surface area (Å²) in [6, 6.07) is 6.35. The first-order valence-corrected chi connectivity index (χ1v) is 14.8. The lowest BCUT2D eigenvalue weighted by Crippen LogP contribution is -2.50. The number of pyridine rings is 1. The molecule has 0 radical (unpaired) electrons. The summed E-state index contributed by atoms with van der Waals surface area (Å²) >= 11 is 5.95. The molecule has 48 heavy (non-hydrogen) atoms. The van der Waals surface area contributed by atoms with Gasteiger partial charge in [-0.15, -0.1) is 10.2 Å². The van der Waals surface area contributed by atoms with Crippen molar-refractivity contribution >= 4 is 29.3 Å². The fourth-order valence-electron chi connectivity index (χ4n) is 4.92. The average molecular weight is 693 g/mol. The number of halogens is 5. The Kier molecular flexibility index (Phi) is 8.73. The second-order valence-corrected chi connectivity index (χ2v) is 11.4. The van der Waals surface area contributed by atoms with Crippen LogP contribution in [0.5, 0.6) is 0 Å². The molecule has 4 heterocycles. The molecule has 1 aliphatic heterocycles. The highest BCUT2D eigenvalue weighted by molar-refractivity contribution is 6.30. The van der Waals surface area contributed by atoms with Crippen LogP contribution in [0.1, 0.15) is 33.2 Å². The number of benzene rings is 1. The first-order valence-electron chi connectivity index (χ1n) is 14.4. The number of aromatic nitrogens is 7. The number of piperazine rings is 1. The quantitative estimate of drug-likeness (QED) is 0.213. The largest absolute Gasteiger partial charge is 0.416 e. The maximum absolute atomic E-state index is 13.7. The summed E-state index contributed by atoms with van der Waals surface area (Å²) < 4.78 is 55.8. The summed E-state index contributed by atoms with van der Waals surface area (Å²) in [5, 5.41) is 23.8. The number of rotatable bonds is 9. The fraction of sp³-hybridized carbons (Fsp3) is 0.357. The van der Waals surface area contributed by atoms with Crippen molar-refractivity contribution in [3.8, 4) is 17.1 Å². The van der Waals surface area contributed by atoms with Crippen molar-refractivity contribution in [1.82, 2.24) is 49.6 Å². The van der Waals surface area contributed by atoms with Crippen LogP contribution < -0.4 is 16.3 Å². The Labute approximate surface area is 272 Å². The number of alkyl halides is 4. The number of carbonyl (C=O) groups excluding carboxylic acids is 3. The van der Waals surface area contributed by atoms with Crippen LogP contribution >= 0.6 is 11.6 Å². The Balaban J connectivity index is 1.42. The highest BCUT2D eigenvalue weighted by Crippen LogP contribution is 2.27. The molecule has 1 aromatic carbocycles. The molecule has 3 N–H and O–H groups in total. The van der Waals surface area contributed by atoms with Gasteiger partial charge in [-0.3, -0.25) is 23.9 Å². The summed E-state index contributed by atoms with van der Waals surface area (Å²) in [5.74, 6) is -2.72. The van der Waals surface area contributed by atoms with E-state index < -0.39 is 61.0 Å². The molecule has 2 fully saturated rings. The number of hydrogen-bond donors (Lipinski definition) is 3. The lowest BCUT2D eigenvalue weighted by Gasteiger charge is -2.26. The fourth-order valence-corrected chi connectivity index (χ4v) is 5.05. The molecule has 0 spiro atoms. The molecule has 20 heteroatoms. The molecule has 3 aromatic heterocycles. The van der Waals surface area contributed by atoms with Crippen molar-refractivity contribution in [2.24, 2.45) is 0 Å². The minimum atomic E-state index is -5.04. The van der Waals surface area contributed by atoms with Crippen molar-refractivity contribution < 1.29 is 37.1 Å². The lowest BCUT2D eigenvalue weighted by atomic mass is 10.2. The first-order chi connectivity index (χ1) is 22.8. The van der Waals surface area contributed by atoms with E-state index in [9.17, 15) is 41.8 Å². The third kappa shape index (κ3) is 6.77. The zero-order valence-corrected chi connectivity index (χ0v) is 25.3. The van der Waals surface area contributed by atoms with E-state index in [1.807, 2.05) is 0 Å². The second kappa shape index (κ2) is 12.8. The molecule has 252 valence electrons. The van der Waals surface area contributed by atoms with E-state index in [1.54, 1.807) is 0 Å². The molecule has 2 aliphatic rings. The Morgan fingerprint density at radius 1 is 1.15 bits per heavy atom. The van der Waals surface area contributed by atoms with Crippen LogP contribution in [0.3, 0.4) is 0 Å². The van der Waals surface area contributed by atoms with Crippen molar-refractivity contribution in [1.29, 1.82) is 0 Å². The molecule has 1 saturated heterocycles. The van der Waals surface area contributed by atoms with E-state index in [4.69, 9.17) is 11.6 Å². The molecule has 3 amide bonds.